The fourth-order valence-corrected chi connectivity index (χ4v) is 1.72. The summed E-state index contributed by atoms with van der Waals surface area (Å²) in [5.41, 5.74) is -1.26. The van der Waals surface area contributed by atoms with Crippen molar-refractivity contribution in [2.75, 3.05) is 40.3 Å². The Hall–Kier alpha value is -1.61. The molecule has 9 heteroatoms. The Morgan fingerprint density at radius 1 is 1.33 bits per heavy atom. The topological polar surface area (TPSA) is 61.6 Å². The predicted octanol–water partition coefficient (Wildman–Crippen LogP) is 0.435. The van der Waals surface area contributed by atoms with E-state index in [1.165, 1.54) is 11.9 Å². The first-order chi connectivity index (χ1) is 9.66. The van der Waals surface area contributed by atoms with Gasteiger partial charge < -0.3 is 14.9 Å². The number of halogens is 3. The number of rotatable bonds is 6. The van der Waals surface area contributed by atoms with Gasteiger partial charge in [0.1, 0.15) is 5.69 Å². The van der Waals surface area contributed by atoms with Crippen molar-refractivity contribution in [1.82, 2.24) is 19.6 Å². The summed E-state index contributed by atoms with van der Waals surface area (Å²) < 4.78 is 38.7. The standard InChI is InChI=1S/C12H19F3N4O2/c1-17(2)4-5-19(6-7-20)11(21)9-8-10(12(13,14)15)16-18(9)3/h8,20H,4-7H2,1-3H3. The molecular weight excluding hydrogens is 289 g/mol. The summed E-state index contributed by atoms with van der Waals surface area (Å²) in [6.45, 7) is 0.636. The summed E-state index contributed by atoms with van der Waals surface area (Å²) in [7, 11) is 4.91. The molecule has 120 valence electrons. The van der Waals surface area contributed by atoms with E-state index in [2.05, 4.69) is 5.10 Å². The van der Waals surface area contributed by atoms with Gasteiger partial charge in [0.15, 0.2) is 5.69 Å². The Balaban J connectivity index is 2.95. The first-order valence-corrected chi connectivity index (χ1v) is 6.33. The molecule has 0 spiro atoms. The average Bonchev–Trinajstić information content (AvgIpc) is 2.75. The molecule has 0 bridgehead atoms. The highest BCUT2D eigenvalue weighted by Crippen LogP contribution is 2.28. The van der Waals surface area contributed by atoms with E-state index in [0.717, 1.165) is 10.7 Å². The minimum atomic E-state index is -4.60. The van der Waals surface area contributed by atoms with Gasteiger partial charge in [0.2, 0.25) is 0 Å². The van der Waals surface area contributed by atoms with Crippen LogP contribution in [-0.2, 0) is 13.2 Å². The van der Waals surface area contributed by atoms with Gasteiger partial charge in [-0.25, -0.2) is 0 Å². The number of alkyl halides is 3. The summed E-state index contributed by atoms with van der Waals surface area (Å²) in [6.07, 6.45) is -4.60. The van der Waals surface area contributed by atoms with Crippen molar-refractivity contribution in [1.29, 1.82) is 0 Å². The van der Waals surface area contributed by atoms with Crippen LogP contribution in [-0.4, -0.2) is 70.9 Å². The molecule has 1 rings (SSSR count). The minimum Gasteiger partial charge on any atom is -0.395 e. The maximum absolute atomic E-state index is 12.6. The third kappa shape index (κ3) is 4.71. The Morgan fingerprint density at radius 2 is 1.95 bits per heavy atom. The third-order valence-electron chi connectivity index (χ3n) is 2.86. The highest BCUT2D eigenvalue weighted by Gasteiger charge is 2.36. The van der Waals surface area contributed by atoms with Gasteiger partial charge in [0, 0.05) is 32.7 Å². The smallest absolute Gasteiger partial charge is 0.395 e. The summed E-state index contributed by atoms with van der Waals surface area (Å²) in [5, 5.41) is 12.3. The van der Waals surface area contributed by atoms with E-state index >= 15 is 0 Å². The first-order valence-electron chi connectivity index (χ1n) is 6.33. The maximum Gasteiger partial charge on any atom is 0.435 e. The lowest BCUT2D eigenvalue weighted by atomic mass is 10.3. The Morgan fingerprint density at radius 3 is 2.38 bits per heavy atom. The van der Waals surface area contributed by atoms with E-state index in [-0.39, 0.29) is 18.8 Å². The molecule has 0 unspecified atom stereocenters. The van der Waals surface area contributed by atoms with Gasteiger partial charge in [0.05, 0.1) is 6.61 Å². The number of aliphatic hydroxyl groups excluding tert-OH is 1. The highest BCUT2D eigenvalue weighted by molar-refractivity contribution is 5.92. The van der Waals surface area contributed by atoms with Gasteiger partial charge in [-0.1, -0.05) is 0 Å². The fraction of sp³-hybridized carbons (Fsp3) is 0.667. The zero-order valence-corrected chi connectivity index (χ0v) is 12.2. The molecule has 6 nitrogen and oxygen atoms in total. The molecule has 0 aliphatic rings. The van der Waals surface area contributed by atoms with Crippen LogP contribution in [0.4, 0.5) is 13.2 Å². The SMILES string of the molecule is CN(C)CCN(CCO)C(=O)c1cc(C(F)(F)F)nn1C. The number of amides is 1. The number of likely N-dealkylation sites (N-methyl/N-ethyl adjacent to an activating group) is 1. The number of carbonyl (C=O) groups excluding carboxylic acids is 1. The molecule has 0 fully saturated rings. The van der Waals surface area contributed by atoms with Gasteiger partial charge >= 0.3 is 6.18 Å². The lowest BCUT2D eigenvalue weighted by molar-refractivity contribution is -0.141. The zero-order valence-electron chi connectivity index (χ0n) is 12.2. The van der Waals surface area contributed by atoms with Crippen LogP contribution in [0.2, 0.25) is 0 Å². The van der Waals surface area contributed by atoms with Crippen LogP contribution >= 0.6 is 0 Å². The van der Waals surface area contributed by atoms with Gasteiger partial charge in [-0.2, -0.15) is 18.3 Å². The van der Waals surface area contributed by atoms with Crippen LogP contribution in [0.25, 0.3) is 0 Å². The predicted molar refractivity (Wildman–Crippen MR) is 69.8 cm³/mol. The number of hydrogen-bond donors (Lipinski definition) is 1. The fourth-order valence-electron chi connectivity index (χ4n) is 1.72. The maximum atomic E-state index is 12.6. The van der Waals surface area contributed by atoms with E-state index in [0.29, 0.717) is 13.1 Å². The molecule has 21 heavy (non-hydrogen) atoms. The van der Waals surface area contributed by atoms with Crippen LogP contribution in [0.3, 0.4) is 0 Å². The van der Waals surface area contributed by atoms with Crippen LogP contribution in [0.15, 0.2) is 6.07 Å². The van der Waals surface area contributed by atoms with Crippen molar-refractivity contribution in [2.45, 2.75) is 6.18 Å². The first kappa shape index (κ1) is 17.4. The molecular formula is C12H19F3N4O2. The third-order valence-corrected chi connectivity index (χ3v) is 2.86. The summed E-state index contributed by atoms with van der Waals surface area (Å²) in [6, 6.07) is 0.725. The van der Waals surface area contributed by atoms with Crippen molar-refractivity contribution in [3.63, 3.8) is 0 Å². The molecule has 0 aliphatic carbocycles. The van der Waals surface area contributed by atoms with Gasteiger partial charge in [-0.15, -0.1) is 0 Å². The molecule has 0 saturated heterocycles. The minimum absolute atomic E-state index is 0.0548. The molecule has 0 aliphatic heterocycles. The average molecular weight is 308 g/mol. The monoisotopic (exact) mass is 308 g/mol. The van der Waals surface area contributed by atoms with Crippen molar-refractivity contribution >= 4 is 5.91 Å². The summed E-state index contributed by atoms with van der Waals surface area (Å²) in [5.74, 6) is -0.587. The van der Waals surface area contributed by atoms with Crippen LogP contribution in [0.5, 0.6) is 0 Å². The van der Waals surface area contributed by atoms with Crippen molar-refractivity contribution in [3.8, 4) is 0 Å². The number of aliphatic hydroxyl groups is 1. The van der Waals surface area contributed by atoms with Crippen LogP contribution in [0, 0.1) is 0 Å². The quantitative estimate of drug-likeness (QED) is 0.828. The summed E-state index contributed by atoms with van der Waals surface area (Å²) in [4.78, 5) is 15.4. The van der Waals surface area contributed by atoms with E-state index in [1.54, 1.807) is 0 Å². The van der Waals surface area contributed by atoms with Crippen molar-refractivity contribution in [2.24, 2.45) is 7.05 Å². The van der Waals surface area contributed by atoms with E-state index in [4.69, 9.17) is 5.11 Å². The number of hydrogen-bond acceptors (Lipinski definition) is 4. The molecule has 0 atom stereocenters. The molecule has 0 radical (unpaired) electrons. The number of carbonyl (C=O) groups is 1. The molecule has 0 saturated carbocycles. The molecule has 1 aromatic rings. The van der Waals surface area contributed by atoms with E-state index < -0.39 is 17.8 Å². The zero-order chi connectivity index (χ0) is 16.2. The number of aromatic nitrogens is 2. The summed E-state index contributed by atoms with van der Waals surface area (Å²) >= 11 is 0. The molecule has 1 aromatic heterocycles. The van der Waals surface area contributed by atoms with Crippen molar-refractivity contribution < 1.29 is 23.1 Å². The van der Waals surface area contributed by atoms with Crippen LogP contribution < -0.4 is 0 Å². The Labute approximate surface area is 120 Å². The molecule has 0 aromatic carbocycles. The van der Waals surface area contributed by atoms with Gasteiger partial charge in [-0.3, -0.25) is 9.48 Å². The molecule has 1 heterocycles. The molecule has 1 N–H and O–H groups in total. The van der Waals surface area contributed by atoms with E-state index in [1.807, 2.05) is 19.0 Å². The van der Waals surface area contributed by atoms with Crippen molar-refractivity contribution in [3.05, 3.63) is 17.5 Å². The Bertz CT molecular complexity index is 485. The van der Waals surface area contributed by atoms with E-state index in [9.17, 15) is 18.0 Å². The largest absolute Gasteiger partial charge is 0.435 e. The number of nitrogens with zero attached hydrogens (tertiary/aromatic N) is 4. The Kier molecular flexibility index (Phi) is 5.73. The second kappa shape index (κ2) is 6.90. The van der Waals surface area contributed by atoms with Gasteiger partial charge in [-0.05, 0) is 14.1 Å². The lowest BCUT2D eigenvalue weighted by Gasteiger charge is -2.23. The van der Waals surface area contributed by atoms with Gasteiger partial charge in [0.25, 0.3) is 5.91 Å². The highest BCUT2D eigenvalue weighted by atomic mass is 19.4. The van der Waals surface area contributed by atoms with Crippen LogP contribution in [0.1, 0.15) is 16.2 Å². The molecule has 1 amide bonds. The normalized spacial score (nSPS) is 12.0. The second-order valence-corrected chi connectivity index (χ2v) is 4.86. The second-order valence-electron chi connectivity index (χ2n) is 4.86. The number of aryl methyl sites for hydroxylation is 1. The lowest BCUT2D eigenvalue weighted by Crippen LogP contribution is -2.39.